The molecule has 2 aromatic rings. The first-order chi connectivity index (χ1) is 18.4. The minimum absolute atomic E-state index is 0.0635. The van der Waals surface area contributed by atoms with Gasteiger partial charge in [-0.15, -0.1) is 0 Å². The molecule has 1 atom stereocenters. The van der Waals surface area contributed by atoms with Crippen LogP contribution in [0.25, 0.3) is 5.76 Å². The van der Waals surface area contributed by atoms with E-state index in [1.807, 2.05) is 26.8 Å². The van der Waals surface area contributed by atoms with Crippen LogP contribution in [0.4, 0.5) is 0 Å². The van der Waals surface area contributed by atoms with Crippen LogP contribution < -0.4 is 14.2 Å². The van der Waals surface area contributed by atoms with Gasteiger partial charge >= 0.3 is 0 Å². The van der Waals surface area contributed by atoms with Gasteiger partial charge in [0.2, 0.25) is 0 Å². The Labute approximate surface area is 225 Å². The lowest BCUT2D eigenvalue weighted by Gasteiger charge is -2.27. The van der Waals surface area contributed by atoms with Gasteiger partial charge in [0.05, 0.1) is 31.4 Å². The fourth-order valence-electron chi connectivity index (χ4n) is 4.73. The number of nitrogens with zero attached hydrogens (tertiary/aromatic N) is 2. The van der Waals surface area contributed by atoms with Crippen molar-refractivity contribution in [3.8, 4) is 17.2 Å². The maximum atomic E-state index is 13.4. The molecule has 3 rings (SSSR count). The number of likely N-dealkylation sites (tertiary alicyclic amines) is 1. The molecule has 1 aliphatic heterocycles. The minimum Gasteiger partial charge on any atom is -0.507 e. The first kappa shape index (κ1) is 29.0. The van der Waals surface area contributed by atoms with Gasteiger partial charge in [0.25, 0.3) is 11.7 Å². The zero-order valence-corrected chi connectivity index (χ0v) is 23.2. The van der Waals surface area contributed by atoms with Crippen LogP contribution in [-0.2, 0) is 9.59 Å². The fourth-order valence-corrected chi connectivity index (χ4v) is 4.73. The molecule has 38 heavy (non-hydrogen) atoms. The number of ether oxygens (including phenoxy) is 3. The predicted octanol–water partition coefficient (Wildman–Crippen LogP) is 5.04. The molecule has 0 unspecified atom stereocenters. The average molecular weight is 525 g/mol. The summed E-state index contributed by atoms with van der Waals surface area (Å²) in [5, 5.41) is 11.4. The average Bonchev–Trinajstić information content (AvgIpc) is 3.17. The molecule has 2 aromatic carbocycles. The van der Waals surface area contributed by atoms with E-state index < -0.39 is 17.7 Å². The van der Waals surface area contributed by atoms with Gasteiger partial charge in [-0.3, -0.25) is 9.59 Å². The normalized spacial score (nSPS) is 16.8. The van der Waals surface area contributed by atoms with E-state index in [-0.39, 0.29) is 11.3 Å². The Balaban J connectivity index is 2.08. The quantitative estimate of drug-likeness (QED) is 0.211. The number of ketones is 1. The highest BCUT2D eigenvalue weighted by molar-refractivity contribution is 6.46. The van der Waals surface area contributed by atoms with Gasteiger partial charge in [-0.25, -0.2) is 0 Å². The third kappa shape index (κ3) is 6.48. The SMILES string of the molecule is CCOc1ccc(C(O)=C2C(=O)C(=O)N(CCCN(CC)CC)[C@H]2c2ccc(OCC)c(OCC)c2)cc1. The van der Waals surface area contributed by atoms with Crippen molar-refractivity contribution in [1.29, 1.82) is 0 Å². The number of amides is 1. The summed E-state index contributed by atoms with van der Waals surface area (Å²) in [6.07, 6.45) is 0.698. The van der Waals surface area contributed by atoms with Crippen molar-refractivity contribution in [1.82, 2.24) is 9.80 Å². The molecule has 0 bridgehead atoms. The van der Waals surface area contributed by atoms with E-state index >= 15 is 0 Å². The van der Waals surface area contributed by atoms with Gasteiger partial charge < -0.3 is 29.1 Å². The molecule has 1 saturated heterocycles. The monoisotopic (exact) mass is 524 g/mol. The van der Waals surface area contributed by atoms with Gasteiger partial charge in [0, 0.05) is 12.1 Å². The minimum atomic E-state index is -0.756. The van der Waals surface area contributed by atoms with E-state index in [1.54, 1.807) is 41.3 Å². The summed E-state index contributed by atoms with van der Waals surface area (Å²) in [4.78, 5) is 30.5. The highest BCUT2D eigenvalue weighted by Crippen LogP contribution is 2.42. The van der Waals surface area contributed by atoms with Gasteiger partial charge in [-0.05, 0) is 88.8 Å². The first-order valence-electron chi connectivity index (χ1n) is 13.5. The van der Waals surface area contributed by atoms with Gasteiger partial charge in [-0.2, -0.15) is 0 Å². The molecule has 8 nitrogen and oxygen atoms in total. The first-order valence-corrected chi connectivity index (χ1v) is 13.5. The Morgan fingerprint density at radius 2 is 1.50 bits per heavy atom. The molecule has 0 aliphatic carbocycles. The Bertz CT molecular complexity index is 1120. The van der Waals surface area contributed by atoms with Crippen LogP contribution in [0.15, 0.2) is 48.0 Å². The van der Waals surface area contributed by atoms with Crippen LogP contribution in [0.5, 0.6) is 17.2 Å². The number of rotatable bonds is 14. The maximum absolute atomic E-state index is 13.4. The van der Waals surface area contributed by atoms with Crippen molar-refractivity contribution in [2.45, 2.75) is 47.1 Å². The second-order valence-electron chi connectivity index (χ2n) is 8.90. The Kier molecular flexibility index (Phi) is 10.6. The van der Waals surface area contributed by atoms with E-state index in [0.29, 0.717) is 61.2 Å². The van der Waals surface area contributed by atoms with E-state index in [9.17, 15) is 14.7 Å². The molecule has 1 fully saturated rings. The lowest BCUT2D eigenvalue weighted by atomic mass is 9.95. The molecule has 1 amide bonds. The second-order valence-corrected chi connectivity index (χ2v) is 8.90. The molecule has 0 radical (unpaired) electrons. The third-order valence-corrected chi connectivity index (χ3v) is 6.63. The molecular weight excluding hydrogens is 484 g/mol. The molecular formula is C30H40N2O6. The van der Waals surface area contributed by atoms with Crippen molar-refractivity contribution in [3.63, 3.8) is 0 Å². The Morgan fingerprint density at radius 3 is 2.11 bits per heavy atom. The highest BCUT2D eigenvalue weighted by atomic mass is 16.5. The number of carbonyl (C=O) groups excluding carboxylic acids is 2. The van der Waals surface area contributed by atoms with Crippen LogP contribution >= 0.6 is 0 Å². The van der Waals surface area contributed by atoms with Crippen LogP contribution in [0, 0.1) is 0 Å². The number of hydrogen-bond acceptors (Lipinski definition) is 7. The molecule has 0 aromatic heterocycles. The second kappa shape index (κ2) is 13.9. The van der Waals surface area contributed by atoms with Crippen molar-refractivity contribution < 1.29 is 28.9 Å². The van der Waals surface area contributed by atoms with Gasteiger partial charge in [-0.1, -0.05) is 19.9 Å². The van der Waals surface area contributed by atoms with Crippen molar-refractivity contribution >= 4 is 17.4 Å². The smallest absolute Gasteiger partial charge is 0.295 e. The molecule has 206 valence electrons. The number of benzene rings is 2. The molecule has 1 N–H and O–H groups in total. The summed E-state index contributed by atoms with van der Waals surface area (Å²) in [5.74, 6) is 0.245. The van der Waals surface area contributed by atoms with Crippen molar-refractivity contribution in [2.75, 3.05) is 46.0 Å². The van der Waals surface area contributed by atoms with Crippen LogP contribution in [0.2, 0.25) is 0 Å². The number of hydrogen-bond donors (Lipinski definition) is 1. The van der Waals surface area contributed by atoms with E-state index in [2.05, 4.69) is 18.7 Å². The zero-order valence-electron chi connectivity index (χ0n) is 23.2. The summed E-state index contributed by atoms with van der Waals surface area (Å²) in [5.41, 5.74) is 1.18. The van der Waals surface area contributed by atoms with Gasteiger partial charge in [0.15, 0.2) is 11.5 Å². The maximum Gasteiger partial charge on any atom is 0.295 e. The number of aliphatic hydroxyl groups excluding tert-OH is 1. The molecule has 8 heteroatoms. The topological polar surface area (TPSA) is 88.5 Å². The van der Waals surface area contributed by atoms with E-state index in [0.717, 1.165) is 19.6 Å². The predicted molar refractivity (Wildman–Crippen MR) is 148 cm³/mol. The Morgan fingerprint density at radius 1 is 0.868 bits per heavy atom. The summed E-state index contributed by atoms with van der Waals surface area (Å²) < 4.78 is 17.0. The zero-order chi connectivity index (χ0) is 27.7. The largest absolute Gasteiger partial charge is 0.507 e. The van der Waals surface area contributed by atoms with E-state index in [4.69, 9.17) is 14.2 Å². The lowest BCUT2D eigenvalue weighted by molar-refractivity contribution is -0.140. The van der Waals surface area contributed by atoms with Gasteiger partial charge in [0.1, 0.15) is 11.5 Å². The van der Waals surface area contributed by atoms with Crippen LogP contribution in [0.1, 0.15) is 58.2 Å². The summed E-state index contributed by atoms with van der Waals surface area (Å²) >= 11 is 0. The molecule has 1 aliphatic rings. The Hall–Kier alpha value is -3.52. The molecule has 0 spiro atoms. The highest BCUT2D eigenvalue weighted by Gasteiger charge is 2.46. The number of Topliss-reactive ketones (excluding diaryl/α,β-unsaturated/α-hetero) is 1. The molecule has 0 saturated carbocycles. The van der Waals surface area contributed by atoms with Crippen molar-refractivity contribution in [3.05, 3.63) is 59.2 Å². The lowest BCUT2D eigenvalue weighted by Crippen LogP contribution is -2.33. The summed E-state index contributed by atoms with van der Waals surface area (Å²) in [6.45, 7) is 14.3. The number of aliphatic hydroxyl groups is 1. The number of carbonyl (C=O) groups is 2. The van der Waals surface area contributed by atoms with Crippen LogP contribution in [-0.4, -0.2) is 72.6 Å². The summed E-state index contributed by atoms with van der Waals surface area (Å²) in [6, 6.07) is 11.5. The summed E-state index contributed by atoms with van der Waals surface area (Å²) in [7, 11) is 0. The standard InChI is InChI=1S/C30H40N2O6/c1-6-31(7-2)18-11-19-32-27(22-14-17-24(37-9-4)25(20-22)38-10-5)26(29(34)30(32)35)28(33)21-12-15-23(16-13-21)36-8-3/h12-17,20,27,33H,6-11,18-19H2,1-5H3/t27-/m0/s1. The fraction of sp³-hybridized carbons (Fsp3) is 0.467. The molecule has 1 heterocycles. The third-order valence-electron chi connectivity index (χ3n) is 6.63. The van der Waals surface area contributed by atoms with Crippen molar-refractivity contribution in [2.24, 2.45) is 0 Å². The van der Waals surface area contributed by atoms with E-state index in [1.165, 1.54) is 0 Å². The van der Waals surface area contributed by atoms with Crippen LogP contribution in [0.3, 0.4) is 0 Å².